The van der Waals surface area contributed by atoms with Gasteiger partial charge in [-0.05, 0) is 43.2 Å². The van der Waals surface area contributed by atoms with E-state index in [-0.39, 0.29) is 17.0 Å². The maximum absolute atomic E-state index is 12.0. The summed E-state index contributed by atoms with van der Waals surface area (Å²) in [5, 5.41) is 24.1. The monoisotopic (exact) mass is 313 g/mol. The summed E-state index contributed by atoms with van der Waals surface area (Å²) < 4.78 is 0. The van der Waals surface area contributed by atoms with E-state index in [4.69, 9.17) is 0 Å². The lowest BCUT2D eigenvalue weighted by molar-refractivity contribution is -0.384. The Hall–Kier alpha value is -3.22. The minimum atomic E-state index is -0.579. The molecule has 2 rings (SSSR count). The number of hydrogen-bond donors (Lipinski definition) is 2. The fraction of sp³-hybridized carbons (Fsp3) is 0.125. The molecule has 0 bridgehead atoms. The summed E-state index contributed by atoms with van der Waals surface area (Å²) in [4.78, 5) is 22.1. The predicted molar refractivity (Wildman–Crippen MR) is 85.7 cm³/mol. The molecule has 0 radical (unpaired) electrons. The van der Waals surface area contributed by atoms with Crippen LogP contribution in [-0.2, 0) is 0 Å². The van der Waals surface area contributed by atoms with E-state index in [0.29, 0.717) is 5.56 Å². The van der Waals surface area contributed by atoms with Crippen molar-refractivity contribution >= 4 is 17.8 Å². The van der Waals surface area contributed by atoms with Gasteiger partial charge in [-0.1, -0.05) is 6.07 Å². The standard InChI is InChI=1S/C16H15N3O4/c1-10-3-4-12(7-11(10)2)16(21)18-17-9-13-8-14(19(22)23)5-6-15(13)20/h3-9,20H,1-2H3,(H,18,21)/b17-9+. The summed E-state index contributed by atoms with van der Waals surface area (Å²) in [6, 6.07) is 8.80. The Bertz CT molecular complexity index is 800. The number of phenolic OH excluding ortho intramolecular Hbond substituents is 1. The molecule has 0 saturated carbocycles. The van der Waals surface area contributed by atoms with Crippen LogP contribution in [0, 0.1) is 24.0 Å². The molecule has 0 aliphatic carbocycles. The summed E-state index contributed by atoms with van der Waals surface area (Å²) in [6.45, 7) is 3.84. The SMILES string of the molecule is Cc1ccc(C(=O)N/N=C/c2cc([N+](=O)[O-])ccc2O)cc1C. The van der Waals surface area contributed by atoms with Crippen molar-refractivity contribution in [1.82, 2.24) is 5.43 Å². The van der Waals surface area contributed by atoms with Gasteiger partial charge in [0.05, 0.1) is 11.1 Å². The molecule has 0 fully saturated rings. The average Bonchev–Trinajstić information content (AvgIpc) is 2.51. The van der Waals surface area contributed by atoms with Crippen molar-refractivity contribution in [3.63, 3.8) is 0 Å². The summed E-state index contributed by atoms with van der Waals surface area (Å²) in [5.41, 5.74) is 4.79. The second-order valence-electron chi connectivity index (χ2n) is 5.00. The second kappa shape index (κ2) is 6.69. The van der Waals surface area contributed by atoms with Gasteiger partial charge in [-0.3, -0.25) is 14.9 Å². The lowest BCUT2D eigenvalue weighted by atomic mass is 10.1. The number of carbonyl (C=O) groups excluding carboxylic acids is 1. The molecule has 0 aliphatic rings. The van der Waals surface area contributed by atoms with Crippen molar-refractivity contribution in [1.29, 1.82) is 0 Å². The van der Waals surface area contributed by atoms with Gasteiger partial charge in [0.25, 0.3) is 11.6 Å². The van der Waals surface area contributed by atoms with E-state index in [1.165, 1.54) is 18.2 Å². The zero-order valence-electron chi connectivity index (χ0n) is 12.6. The molecule has 118 valence electrons. The third-order valence-corrected chi connectivity index (χ3v) is 3.36. The van der Waals surface area contributed by atoms with E-state index in [0.717, 1.165) is 17.3 Å². The summed E-state index contributed by atoms with van der Waals surface area (Å²) in [5.74, 6) is -0.575. The number of non-ortho nitro benzene ring substituents is 1. The molecule has 0 aromatic heterocycles. The highest BCUT2D eigenvalue weighted by molar-refractivity contribution is 5.95. The summed E-state index contributed by atoms with van der Waals surface area (Å²) in [6.07, 6.45) is 1.15. The van der Waals surface area contributed by atoms with Crippen LogP contribution in [-0.4, -0.2) is 22.2 Å². The molecule has 7 nitrogen and oxygen atoms in total. The Balaban J connectivity index is 2.12. The topological polar surface area (TPSA) is 105 Å². The molecule has 0 unspecified atom stereocenters. The predicted octanol–water partition coefficient (Wildman–Crippen LogP) is 2.68. The number of aromatic hydroxyl groups is 1. The minimum Gasteiger partial charge on any atom is -0.507 e. The Morgan fingerprint density at radius 3 is 2.61 bits per heavy atom. The zero-order chi connectivity index (χ0) is 17.0. The maximum atomic E-state index is 12.0. The average molecular weight is 313 g/mol. The van der Waals surface area contributed by atoms with E-state index in [1.807, 2.05) is 19.9 Å². The molecular formula is C16H15N3O4. The van der Waals surface area contributed by atoms with Crippen LogP contribution >= 0.6 is 0 Å². The minimum absolute atomic E-state index is 0.139. The van der Waals surface area contributed by atoms with Crippen LogP contribution in [0.2, 0.25) is 0 Å². The summed E-state index contributed by atoms with van der Waals surface area (Å²) >= 11 is 0. The fourth-order valence-corrected chi connectivity index (χ4v) is 1.87. The molecule has 0 atom stereocenters. The van der Waals surface area contributed by atoms with Crippen LogP contribution in [0.25, 0.3) is 0 Å². The van der Waals surface area contributed by atoms with Crippen molar-refractivity contribution in [3.8, 4) is 5.75 Å². The third-order valence-electron chi connectivity index (χ3n) is 3.36. The number of aryl methyl sites for hydroxylation is 2. The number of carbonyl (C=O) groups is 1. The van der Waals surface area contributed by atoms with E-state index in [9.17, 15) is 20.0 Å². The largest absolute Gasteiger partial charge is 0.507 e. The number of hydrazone groups is 1. The van der Waals surface area contributed by atoms with E-state index in [1.54, 1.807) is 12.1 Å². The number of rotatable bonds is 4. The first kappa shape index (κ1) is 16.2. The Morgan fingerprint density at radius 2 is 1.96 bits per heavy atom. The molecule has 2 N–H and O–H groups in total. The number of benzene rings is 2. The first-order valence-corrected chi connectivity index (χ1v) is 6.76. The third kappa shape index (κ3) is 3.91. The van der Waals surface area contributed by atoms with Crippen LogP contribution in [0.1, 0.15) is 27.0 Å². The lowest BCUT2D eigenvalue weighted by Gasteiger charge is -2.04. The van der Waals surface area contributed by atoms with E-state index >= 15 is 0 Å². The van der Waals surface area contributed by atoms with Crippen LogP contribution in [0.5, 0.6) is 5.75 Å². The van der Waals surface area contributed by atoms with Crippen LogP contribution in [0.3, 0.4) is 0 Å². The Kier molecular flexibility index (Phi) is 4.70. The van der Waals surface area contributed by atoms with Crippen molar-refractivity contribution in [2.24, 2.45) is 5.10 Å². The maximum Gasteiger partial charge on any atom is 0.271 e. The zero-order valence-corrected chi connectivity index (χ0v) is 12.6. The normalized spacial score (nSPS) is 10.7. The van der Waals surface area contributed by atoms with Crippen molar-refractivity contribution < 1.29 is 14.8 Å². The molecule has 7 heteroatoms. The number of hydrogen-bond acceptors (Lipinski definition) is 5. The van der Waals surface area contributed by atoms with Crippen LogP contribution in [0.4, 0.5) is 5.69 Å². The molecule has 0 spiro atoms. The number of nitro benzene ring substituents is 1. The smallest absolute Gasteiger partial charge is 0.271 e. The van der Waals surface area contributed by atoms with Gasteiger partial charge >= 0.3 is 0 Å². The van der Waals surface area contributed by atoms with Gasteiger partial charge in [-0.2, -0.15) is 5.10 Å². The highest BCUT2D eigenvalue weighted by atomic mass is 16.6. The van der Waals surface area contributed by atoms with Crippen LogP contribution < -0.4 is 5.43 Å². The molecule has 0 aliphatic heterocycles. The van der Waals surface area contributed by atoms with Gasteiger partial charge in [0.1, 0.15) is 5.75 Å². The van der Waals surface area contributed by atoms with Crippen molar-refractivity contribution in [3.05, 3.63) is 68.8 Å². The first-order valence-electron chi connectivity index (χ1n) is 6.76. The Labute approximate surface area is 132 Å². The number of amides is 1. The van der Waals surface area contributed by atoms with Gasteiger partial charge in [0.15, 0.2) is 0 Å². The highest BCUT2D eigenvalue weighted by Crippen LogP contribution is 2.21. The number of phenols is 1. The van der Waals surface area contributed by atoms with Gasteiger partial charge < -0.3 is 5.11 Å². The number of nitrogens with zero attached hydrogens (tertiary/aromatic N) is 2. The summed E-state index contributed by atoms with van der Waals surface area (Å²) in [7, 11) is 0. The second-order valence-corrected chi connectivity index (χ2v) is 5.00. The van der Waals surface area contributed by atoms with E-state index in [2.05, 4.69) is 10.5 Å². The molecule has 2 aromatic rings. The van der Waals surface area contributed by atoms with Crippen molar-refractivity contribution in [2.45, 2.75) is 13.8 Å². The highest BCUT2D eigenvalue weighted by Gasteiger charge is 2.09. The van der Waals surface area contributed by atoms with Crippen molar-refractivity contribution in [2.75, 3.05) is 0 Å². The fourth-order valence-electron chi connectivity index (χ4n) is 1.87. The molecular weight excluding hydrogens is 298 g/mol. The van der Waals surface area contributed by atoms with E-state index < -0.39 is 10.8 Å². The number of nitrogens with one attached hydrogen (secondary N) is 1. The van der Waals surface area contributed by atoms with Gasteiger partial charge in [-0.25, -0.2) is 5.43 Å². The van der Waals surface area contributed by atoms with Gasteiger partial charge in [0.2, 0.25) is 0 Å². The molecule has 2 aromatic carbocycles. The Morgan fingerprint density at radius 1 is 1.22 bits per heavy atom. The number of nitro groups is 1. The molecule has 0 saturated heterocycles. The van der Waals surface area contributed by atoms with Gasteiger partial charge in [-0.15, -0.1) is 0 Å². The molecule has 0 heterocycles. The molecule has 23 heavy (non-hydrogen) atoms. The molecule has 1 amide bonds. The lowest BCUT2D eigenvalue weighted by Crippen LogP contribution is -2.17. The van der Waals surface area contributed by atoms with Gasteiger partial charge in [0, 0.05) is 23.3 Å². The van der Waals surface area contributed by atoms with Crippen LogP contribution in [0.15, 0.2) is 41.5 Å². The quantitative estimate of drug-likeness (QED) is 0.514. The first-order chi connectivity index (χ1) is 10.9.